The number of hydrogen-bond donors (Lipinski definition) is 0. The molecule has 2 aromatic carbocycles. The van der Waals surface area contributed by atoms with Gasteiger partial charge in [0, 0.05) is 16.9 Å². The SMILES string of the molecule is CCCc1cncn1-c1cc(Cl)ccc1Cc1ccccc1. The number of halogens is 1. The third-order valence-corrected chi connectivity index (χ3v) is 4.00. The molecule has 3 aromatic rings. The number of rotatable bonds is 5. The van der Waals surface area contributed by atoms with Crippen LogP contribution in [-0.2, 0) is 12.8 Å². The molecule has 0 atom stereocenters. The lowest BCUT2D eigenvalue weighted by Crippen LogP contribution is -2.03. The number of aromatic nitrogens is 2. The molecule has 0 radical (unpaired) electrons. The first-order chi connectivity index (χ1) is 10.8. The van der Waals surface area contributed by atoms with Crippen LogP contribution in [0.3, 0.4) is 0 Å². The molecule has 0 aliphatic rings. The second-order valence-electron chi connectivity index (χ2n) is 5.44. The van der Waals surface area contributed by atoms with E-state index in [0.717, 1.165) is 30.0 Å². The highest BCUT2D eigenvalue weighted by Gasteiger charge is 2.10. The Balaban J connectivity index is 2.03. The minimum atomic E-state index is 0.753. The molecule has 0 bridgehead atoms. The summed E-state index contributed by atoms with van der Waals surface area (Å²) in [5.74, 6) is 0. The Morgan fingerprint density at radius 3 is 2.68 bits per heavy atom. The average Bonchev–Trinajstić information content (AvgIpc) is 2.99. The molecule has 1 heterocycles. The highest BCUT2D eigenvalue weighted by molar-refractivity contribution is 6.30. The largest absolute Gasteiger partial charge is 0.303 e. The Hall–Kier alpha value is -2.06. The van der Waals surface area contributed by atoms with Crippen LogP contribution < -0.4 is 0 Å². The van der Waals surface area contributed by atoms with E-state index < -0.39 is 0 Å². The third-order valence-electron chi connectivity index (χ3n) is 3.77. The normalized spacial score (nSPS) is 10.8. The van der Waals surface area contributed by atoms with E-state index in [9.17, 15) is 0 Å². The van der Waals surface area contributed by atoms with Crippen molar-refractivity contribution in [3.8, 4) is 5.69 Å². The van der Waals surface area contributed by atoms with Gasteiger partial charge < -0.3 is 4.57 Å². The van der Waals surface area contributed by atoms with E-state index in [1.807, 2.05) is 30.7 Å². The van der Waals surface area contributed by atoms with Crippen molar-refractivity contribution < 1.29 is 0 Å². The monoisotopic (exact) mass is 310 g/mol. The average molecular weight is 311 g/mol. The number of benzene rings is 2. The van der Waals surface area contributed by atoms with Crippen LogP contribution in [0.2, 0.25) is 5.02 Å². The van der Waals surface area contributed by atoms with Crippen LogP contribution in [0.4, 0.5) is 0 Å². The fourth-order valence-electron chi connectivity index (χ4n) is 2.71. The Morgan fingerprint density at radius 1 is 1.09 bits per heavy atom. The topological polar surface area (TPSA) is 17.8 Å². The Kier molecular flexibility index (Phi) is 4.59. The van der Waals surface area contributed by atoms with Crippen LogP contribution in [0.5, 0.6) is 0 Å². The van der Waals surface area contributed by atoms with Gasteiger partial charge in [-0.3, -0.25) is 0 Å². The molecule has 1 aromatic heterocycles. The first kappa shape index (κ1) is 14.9. The van der Waals surface area contributed by atoms with Crippen LogP contribution in [-0.4, -0.2) is 9.55 Å². The fraction of sp³-hybridized carbons (Fsp3) is 0.211. The summed E-state index contributed by atoms with van der Waals surface area (Å²) in [6.07, 6.45) is 6.82. The van der Waals surface area contributed by atoms with E-state index >= 15 is 0 Å². The maximum Gasteiger partial charge on any atom is 0.0994 e. The van der Waals surface area contributed by atoms with Crippen LogP contribution >= 0.6 is 11.6 Å². The van der Waals surface area contributed by atoms with Crippen LogP contribution in [0.15, 0.2) is 61.1 Å². The molecule has 0 saturated heterocycles. The Labute approximate surface area is 136 Å². The number of aryl methyl sites for hydroxylation is 1. The van der Waals surface area contributed by atoms with E-state index in [1.54, 1.807) is 0 Å². The molecule has 0 amide bonds. The predicted octanol–water partition coefficient (Wildman–Crippen LogP) is 5.07. The molecule has 0 fully saturated rings. The number of nitrogens with zero attached hydrogens (tertiary/aromatic N) is 2. The van der Waals surface area contributed by atoms with Crippen molar-refractivity contribution in [3.05, 3.63) is 82.9 Å². The van der Waals surface area contributed by atoms with E-state index in [1.165, 1.54) is 16.8 Å². The zero-order valence-corrected chi connectivity index (χ0v) is 13.4. The summed E-state index contributed by atoms with van der Waals surface area (Å²) < 4.78 is 2.16. The standard InChI is InChI=1S/C19H19ClN2/c1-2-6-18-13-21-14-22(18)19-12-17(20)10-9-16(19)11-15-7-4-3-5-8-15/h3-5,7-10,12-14H,2,6,11H2,1H3. The minimum Gasteiger partial charge on any atom is -0.303 e. The smallest absolute Gasteiger partial charge is 0.0994 e. The molecule has 0 N–H and O–H groups in total. The lowest BCUT2D eigenvalue weighted by atomic mass is 10.0. The summed E-state index contributed by atoms with van der Waals surface area (Å²) in [5.41, 5.74) is 4.89. The maximum atomic E-state index is 6.23. The third kappa shape index (κ3) is 3.23. The first-order valence-corrected chi connectivity index (χ1v) is 7.99. The summed E-state index contributed by atoms with van der Waals surface area (Å²) in [7, 11) is 0. The Morgan fingerprint density at radius 2 is 1.91 bits per heavy atom. The van der Waals surface area contributed by atoms with Gasteiger partial charge in [-0.05, 0) is 36.1 Å². The van der Waals surface area contributed by atoms with Crippen molar-refractivity contribution in [2.45, 2.75) is 26.2 Å². The van der Waals surface area contributed by atoms with Crippen molar-refractivity contribution in [3.63, 3.8) is 0 Å². The van der Waals surface area contributed by atoms with Gasteiger partial charge in [-0.15, -0.1) is 0 Å². The van der Waals surface area contributed by atoms with E-state index in [4.69, 9.17) is 11.6 Å². The highest BCUT2D eigenvalue weighted by Crippen LogP contribution is 2.24. The van der Waals surface area contributed by atoms with Crippen LogP contribution in [0.25, 0.3) is 5.69 Å². The first-order valence-electron chi connectivity index (χ1n) is 7.62. The summed E-state index contributed by atoms with van der Waals surface area (Å²) in [6, 6.07) is 16.6. The Bertz CT molecular complexity index is 747. The number of hydrogen-bond acceptors (Lipinski definition) is 1. The van der Waals surface area contributed by atoms with E-state index in [-0.39, 0.29) is 0 Å². The predicted molar refractivity (Wildman–Crippen MR) is 91.8 cm³/mol. The summed E-state index contributed by atoms with van der Waals surface area (Å²) in [4.78, 5) is 4.31. The van der Waals surface area contributed by atoms with Crippen molar-refractivity contribution in [2.24, 2.45) is 0 Å². The molecular formula is C19H19ClN2. The van der Waals surface area contributed by atoms with Gasteiger partial charge in [-0.1, -0.05) is 61.3 Å². The number of imidazole rings is 1. The molecule has 0 saturated carbocycles. The molecule has 0 aliphatic carbocycles. The molecule has 3 rings (SSSR count). The fourth-order valence-corrected chi connectivity index (χ4v) is 2.87. The zero-order valence-electron chi connectivity index (χ0n) is 12.7. The van der Waals surface area contributed by atoms with Crippen molar-refractivity contribution >= 4 is 11.6 Å². The molecule has 3 heteroatoms. The second kappa shape index (κ2) is 6.80. The summed E-state index contributed by atoms with van der Waals surface area (Å²) in [5, 5.41) is 0.753. The second-order valence-corrected chi connectivity index (χ2v) is 5.88. The van der Waals surface area contributed by atoms with Crippen molar-refractivity contribution in [1.82, 2.24) is 9.55 Å². The van der Waals surface area contributed by atoms with Crippen molar-refractivity contribution in [2.75, 3.05) is 0 Å². The summed E-state index contributed by atoms with van der Waals surface area (Å²) in [6.45, 7) is 2.18. The molecule has 0 spiro atoms. The molecule has 2 nitrogen and oxygen atoms in total. The van der Waals surface area contributed by atoms with Gasteiger partial charge >= 0.3 is 0 Å². The van der Waals surface area contributed by atoms with E-state index in [0.29, 0.717) is 0 Å². The lowest BCUT2D eigenvalue weighted by molar-refractivity contribution is 0.838. The van der Waals surface area contributed by atoms with Gasteiger partial charge in [0.1, 0.15) is 0 Å². The van der Waals surface area contributed by atoms with Gasteiger partial charge in [0.05, 0.1) is 12.0 Å². The zero-order chi connectivity index (χ0) is 15.4. The maximum absolute atomic E-state index is 6.23. The van der Waals surface area contributed by atoms with Gasteiger partial charge in [-0.2, -0.15) is 0 Å². The van der Waals surface area contributed by atoms with Gasteiger partial charge in [0.25, 0.3) is 0 Å². The van der Waals surface area contributed by atoms with Gasteiger partial charge in [0.15, 0.2) is 0 Å². The van der Waals surface area contributed by atoms with E-state index in [2.05, 4.69) is 46.8 Å². The van der Waals surface area contributed by atoms with Crippen LogP contribution in [0, 0.1) is 0 Å². The van der Waals surface area contributed by atoms with Gasteiger partial charge in [0.2, 0.25) is 0 Å². The highest BCUT2D eigenvalue weighted by atomic mass is 35.5. The quantitative estimate of drug-likeness (QED) is 0.643. The molecule has 0 aliphatic heterocycles. The molecule has 0 unspecified atom stereocenters. The molecular weight excluding hydrogens is 292 g/mol. The van der Waals surface area contributed by atoms with Gasteiger partial charge in [-0.25, -0.2) is 4.98 Å². The van der Waals surface area contributed by atoms with Crippen molar-refractivity contribution in [1.29, 1.82) is 0 Å². The molecule has 22 heavy (non-hydrogen) atoms. The minimum absolute atomic E-state index is 0.753. The van der Waals surface area contributed by atoms with Crippen LogP contribution in [0.1, 0.15) is 30.2 Å². The summed E-state index contributed by atoms with van der Waals surface area (Å²) >= 11 is 6.23. The molecule has 112 valence electrons. The lowest BCUT2D eigenvalue weighted by Gasteiger charge is -2.14.